The smallest absolute Gasteiger partial charge is 0.160 e. The van der Waals surface area contributed by atoms with Gasteiger partial charge < -0.3 is 4.57 Å². The second-order valence-electron chi connectivity index (χ2n) is 5.39. The molecule has 3 rings (SSSR count). The van der Waals surface area contributed by atoms with Crippen LogP contribution < -0.4 is 0 Å². The van der Waals surface area contributed by atoms with E-state index in [-0.39, 0.29) is 6.04 Å². The fraction of sp³-hybridized carbons (Fsp3) is 0.375. The minimum absolute atomic E-state index is 0.253. The van der Waals surface area contributed by atoms with Crippen molar-refractivity contribution >= 4 is 34.1 Å². The van der Waals surface area contributed by atoms with Crippen LogP contribution in [0, 0.1) is 5.92 Å². The van der Waals surface area contributed by atoms with Crippen molar-refractivity contribution in [2.45, 2.75) is 26.3 Å². The number of imidazole rings is 1. The highest BCUT2D eigenvalue weighted by atomic mass is 35.5. The zero-order valence-corrected chi connectivity index (χ0v) is 13.7. The van der Waals surface area contributed by atoms with E-state index in [4.69, 9.17) is 16.6 Å². The van der Waals surface area contributed by atoms with Crippen LogP contribution in [0.3, 0.4) is 0 Å². The van der Waals surface area contributed by atoms with Gasteiger partial charge in [-0.2, -0.15) is 0 Å². The van der Waals surface area contributed by atoms with Gasteiger partial charge in [-0.15, -0.1) is 22.9 Å². The summed E-state index contributed by atoms with van der Waals surface area (Å²) in [6, 6.07) is 8.49. The Morgan fingerprint density at radius 1 is 1.29 bits per heavy atom. The molecular formula is C16H18ClN3S. The monoisotopic (exact) mass is 319 g/mol. The molecule has 0 saturated heterocycles. The van der Waals surface area contributed by atoms with Crippen molar-refractivity contribution in [2.75, 3.05) is 5.88 Å². The van der Waals surface area contributed by atoms with Gasteiger partial charge in [-0.05, 0) is 29.5 Å². The van der Waals surface area contributed by atoms with E-state index in [1.165, 1.54) is 4.88 Å². The summed E-state index contributed by atoms with van der Waals surface area (Å²) in [5, 5.41) is 2.12. The van der Waals surface area contributed by atoms with Gasteiger partial charge in [0.15, 0.2) is 5.65 Å². The van der Waals surface area contributed by atoms with E-state index in [0.717, 1.165) is 23.4 Å². The molecule has 0 aliphatic heterocycles. The predicted octanol–water partition coefficient (Wildman–Crippen LogP) is 4.52. The van der Waals surface area contributed by atoms with Crippen LogP contribution in [-0.2, 0) is 6.42 Å². The number of aromatic nitrogens is 3. The number of rotatable bonds is 5. The Morgan fingerprint density at radius 3 is 2.81 bits per heavy atom. The van der Waals surface area contributed by atoms with Gasteiger partial charge in [-0.3, -0.25) is 0 Å². The number of halogens is 1. The Kier molecular flexibility index (Phi) is 4.27. The van der Waals surface area contributed by atoms with Crippen LogP contribution in [0.25, 0.3) is 11.2 Å². The molecule has 3 aromatic rings. The molecule has 0 aliphatic rings. The summed E-state index contributed by atoms with van der Waals surface area (Å²) in [5.41, 5.74) is 1.89. The van der Waals surface area contributed by atoms with E-state index >= 15 is 0 Å². The first-order valence-electron chi connectivity index (χ1n) is 7.13. The second kappa shape index (κ2) is 6.16. The van der Waals surface area contributed by atoms with Gasteiger partial charge >= 0.3 is 0 Å². The second-order valence-corrected chi connectivity index (χ2v) is 6.74. The van der Waals surface area contributed by atoms with Crippen molar-refractivity contribution in [1.29, 1.82) is 0 Å². The maximum Gasteiger partial charge on any atom is 0.160 e. The molecule has 0 amide bonds. The molecule has 5 heteroatoms. The number of hydrogen-bond acceptors (Lipinski definition) is 3. The van der Waals surface area contributed by atoms with Crippen molar-refractivity contribution in [2.24, 2.45) is 5.92 Å². The molecule has 0 radical (unpaired) electrons. The largest absolute Gasteiger partial charge is 0.304 e. The van der Waals surface area contributed by atoms with Crippen molar-refractivity contribution in [3.05, 3.63) is 46.5 Å². The number of alkyl halides is 1. The molecule has 0 aliphatic carbocycles. The molecular weight excluding hydrogens is 302 g/mol. The molecule has 1 atom stereocenters. The van der Waals surface area contributed by atoms with Gasteiger partial charge in [0.25, 0.3) is 0 Å². The maximum atomic E-state index is 5.97. The summed E-state index contributed by atoms with van der Waals surface area (Å²) in [6.45, 7) is 4.48. The van der Waals surface area contributed by atoms with Gasteiger partial charge in [0.05, 0.1) is 6.04 Å². The summed E-state index contributed by atoms with van der Waals surface area (Å²) in [7, 11) is 0. The zero-order valence-electron chi connectivity index (χ0n) is 12.2. The van der Waals surface area contributed by atoms with Crippen LogP contribution in [0.1, 0.15) is 30.6 Å². The molecule has 0 fully saturated rings. The lowest BCUT2D eigenvalue weighted by Gasteiger charge is -2.23. The zero-order chi connectivity index (χ0) is 14.8. The molecule has 0 N–H and O–H groups in total. The Labute approximate surface area is 133 Å². The highest BCUT2D eigenvalue weighted by molar-refractivity contribution is 7.10. The van der Waals surface area contributed by atoms with Crippen LogP contribution >= 0.6 is 22.9 Å². The average Bonchev–Trinajstić information content (AvgIpc) is 3.09. The van der Waals surface area contributed by atoms with Gasteiger partial charge in [-0.1, -0.05) is 19.9 Å². The van der Waals surface area contributed by atoms with Gasteiger partial charge in [0.2, 0.25) is 0 Å². The van der Waals surface area contributed by atoms with Crippen molar-refractivity contribution in [3.8, 4) is 0 Å². The fourth-order valence-electron chi connectivity index (χ4n) is 2.74. The normalized spacial score (nSPS) is 13.1. The SMILES string of the molecule is CC(C)C(c1cccs1)n1c(CCCl)nc2cccnc21. The Bertz CT molecular complexity index is 718. The van der Waals surface area contributed by atoms with Crippen LogP contribution in [0.15, 0.2) is 35.8 Å². The molecule has 3 heterocycles. The molecule has 0 bridgehead atoms. The minimum Gasteiger partial charge on any atom is -0.304 e. The first-order valence-corrected chi connectivity index (χ1v) is 8.55. The van der Waals surface area contributed by atoms with E-state index in [1.54, 1.807) is 11.3 Å². The molecule has 0 saturated carbocycles. The lowest BCUT2D eigenvalue weighted by atomic mass is 10.0. The third kappa shape index (κ3) is 2.70. The van der Waals surface area contributed by atoms with Gasteiger partial charge in [0.1, 0.15) is 11.3 Å². The van der Waals surface area contributed by atoms with Crippen molar-refractivity contribution in [3.63, 3.8) is 0 Å². The highest BCUT2D eigenvalue weighted by Crippen LogP contribution is 2.33. The molecule has 0 aromatic carbocycles. The fourth-order valence-corrected chi connectivity index (χ4v) is 3.90. The van der Waals surface area contributed by atoms with E-state index in [2.05, 4.69) is 40.9 Å². The number of hydrogen-bond donors (Lipinski definition) is 0. The summed E-state index contributed by atoms with van der Waals surface area (Å²) in [5.74, 6) is 2.04. The minimum atomic E-state index is 0.253. The number of pyridine rings is 1. The lowest BCUT2D eigenvalue weighted by Crippen LogP contribution is -2.19. The molecule has 0 spiro atoms. The van der Waals surface area contributed by atoms with Crippen molar-refractivity contribution in [1.82, 2.24) is 14.5 Å². The quantitative estimate of drug-likeness (QED) is 0.647. The average molecular weight is 320 g/mol. The van der Waals surface area contributed by atoms with Crippen LogP contribution in [0.4, 0.5) is 0 Å². The molecule has 21 heavy (non-hydrogen) atoms. The Balaban J connectivity index is 2.22. The van der Waals surface area contributed by atoms with Crippen LogP contribution in [-0.4, -0.2) is 20.4 Å². The third-order valence-corrected chi connectivity index (χ3v) is 4.72. The number of thiophene rings is 1. The summed E-state index contributed by atoms with van der Waals surface area (Å²) >= 11 is 7.76. The molecule has 1 unspecified atom stereocenters. The molecule has 3 aromatic heterocycles. The number of nitrogens with zero attached hydrogens (tertiary/aromatic N) is 3. The molecule has 3 nitrogen and oxygen atoms in total. The van der Waals surface area contributed by atoms with Crippen LogP contribution in [0.5, 0.6) is 0 Å². The Hall–Kier alpha value is -1.39. The van der Waals surface area contributed by atoms with E-state index in [0.29, 0.717) is 11.8 Å². The lowest BCUT2D eigenvalue weighted by molar-refractivity contribution is 0.439. The highest BCUT2D eigenvalue weighted by Gasteiger charge is 2.24. The predicted molar refractivity (Wildman–Crippen MR) is 89.2 cm³/mol. The number of aryl methyl sites for hydroxylation is 1. The standard InChI is InChI=1S/C16H18ClN3S/c1-11(2)15(13-6-4-10-21-13)20-14(7-8-17)19-12-5-3-9-18-16(12)20/h3-6,9-11,15H,7-8H2,1-2H3. The van der Waals surface area contributed by atoms with E-state index in [1.807, 2.05) is 18.3 Å². The van der Waals surface area contributed by atoms with Gasteiger partial charge in [-0.25, -0.2) is 9.97 Å². The maximum absolute atomic E-state index is 5.97. The first kappa shape index (κ1) is 14.5. The van der Waals surface area contributed by atoms with E-state index in [9.17, 15) is 0 Å². The summed E-state index contributed by atoms with van der Waals surface area (Å²) in [4.78, 5) is 10.6. The summed E-state index contributed by atoms with van der Waals surface area (Å²) < 4.78 is 2.27. The third-order valence-electron chi connectivity index (χ3n) is 3.58. The van der Waals surface area contributed by atoms with E-state index < -0.39 is 0 Å². The van der Waals surface area contributed by atoms with Gasteiger partial charge in [0, 0.05) is 23.4 Å². The first-order chi connectivity index (χ1) is 10.2. The summed E-state index contributed by atoms with van der Waals surface area (Å²) in [6.07, 6.45) is 2.59. The molecule has 110 valence electrons. The van der Waals surface area contributed by atoms with Crippen LogP contribution in [0.2, 0.25) is 0 Å². The number of fused-ring (bicyclic) bond motifs is 1. The Morgan fingerprint density at radius 2 is 2.14 bits per heavy atom. The topological polar surface area (TPSA) is 30.7 Å². The van der Waals surface area contributed by atoms with Crippen molar-refractivity contribution < 1.29 is 0 Å².